The Balaban J connectivity index is 2.01. The van der Waals surface area contributed by atoms with E-state index in [0.29, 0.717) is 6.54 Å². The highest BCUT2D eigenvalue weighted by Crippen LogP contribution is 2.13. The van der Waals surface area contributed by atoms with Crippen LogP contribution in [0.2, 0.25) is 0 Å². The summed E-state index contributed by atoms with van der Waals surface area (Å²) >= 11 is 0. The van der Waals surface area contributed by atoms with Gasteiger partial charge in [0.05, 0.1) is 12.6 Å². The van der Waals surface area contributed by atoms with E-state index in [1.807, 2.05) is 0 Å². The summed E-state index contributed by atoms with van der Waals surface area (Å²) < 4.78 is 8.24. The van der Waals surface area contributed by atoms with Crippen LogP contribution in [0.4, 0.5) is 0 Å². The predicted molar refractivity (Wildman–Crippen MR) is 53.5 cm³/mol. The molecule has 0 saturated carbocycles. The normalized spacial score (nSPS) is 22.6. The molecule has 0 bridgehead atoms. The molecule has 1 aromatic heterocycles. The van der Waals surface area contributed by atoms with E-state index in [1.165, 1.54) is 22.2 Å². The zero-order valence-corrected chi connectivity index (χ0v) is 8.93. The molecule has 1 saturated heterocycles. The minimum absolute atomic E-state index is 0.113. The fourth-order valence-corrected chi connectivity index (χ4v) is 1.79. The highest BCUT2D eigenvalue weighted by atomic mass is 16.5. The lowest BCUT2D eigenvalue weighted by atomic mass is 10.1. The average molecular weight is 212 g/mol. The van der Waals surface area contributed by atoms with E-state index in [0.717, 1.165) is 19.4 Å². The second kappa shape index (κ2) is 4.57. The number of hydrogen-bond donors (Lipinski definition) is 0. The van der Waals surface area contributed by atoms with Crippen molar-refractivity contribution < 1.29 is 4.74 Å². The maximum atomic E-state index is 11.5. The van der Waals surface area contributed by atoms with Gasteiger partial charge in [0, 0.05) is 13.7 Å². The van der Waals surface area contributed by atoms with Crippen LogP contribution in [0, 0.1) is 0 Å². The summed E-state index contributed by atoms with van der Waals surface area (Å²) in [4.78, 5) is 11.5. The number of aryl methyl sites for hydroxylation is 1. The molecule has 1 aromatic rings. The van der Waals surface area contributed by atoms with Crippen LogP contribution < -0.4 is 5.69 Å². The van der Waals surface area contributed by atoms with Crippen molar-refractivity contribution in [1.29, 1.82) is 0 Å². The Bertz CT molecular complexity index is 362. The van der Waals surface area contributed by atoms with Crippen molar-refractivity contribution in [2.24, 2.45) is 7.05 Å². The van der Waals surface area contributed by atoms with Gasteiger partial charge in [0.1, 0.15) is 0 Å². The van der Waals surface area contributed by atoms with Gasteiger partial charge in [-0.05, 0) is 23.3 Å². The van der Waals surface area contributed by atoms with E-state index in [9.17, 15) is 4.79 Å². The fourth-order valence-electron chi connectivity index (χ4n) is 1.79. The molecule has 2 rings (SSSR count). The van der Waals surface area contributed by atoms with Crippen LogP contribution in [-0.4, -0.2) is 32.5 Å². The Kier molecular flexibility index (Phi) is 3.15. The second-order valence-corrected chi connectivity index (χ2v) is 3.91. The smallest absolute Gasteiger partial charge is 0.363 e. The predicted octanol–water partition coefficient (Wildman–Crippen LogP) is -0.0640. The van der Waals surface area contributed by atoms with Gasteiger partial charge in [0.2, 0.25) is 0 Å². The average Bonchev–Trinajstić information content (AvgIpc) is 2.50. The first-order valence-corrected chi connectivity index (χ1v) is 5.36. The Morgan fingerprint density at radius 2 is 2.27 bits per heavy atom. The third-order valence-electron chi connectivity index (χ3n) is 2.68. The molecule has 1 unspecified atom stereocenters. The Morgan fingerprint density at radius 1 is 1.40 bits per heavy atom. The highest BCUT2D eigenvalue weighted by Gasteiger charge is 2.15. The Hall–Kier alpha value is -1.17. The van der Waals surface area contributed by atoms with Crippen molar-refractivity contribution in [3.8, 4) is 0 Å². The molecule has 1 aliphatic rings. The lowest BCUT2D eigenvalue weighted by Crippen LogP contribution is -2.29. The standard InChI is InChI=1S/C9H16N4O2/c1-12-9(14)13(11-10-12)7-8-5-3-2-4-6-15-8/h8H,2-7H2,1H3. The molecule has 84 valence electrons. The molecule has 1 aliphatic heterocycles. The molecule has 0 amide bonds. The maximum Gasteiger partial charge on any atom is 0.363 e. The summed E-state index contributed by atoms with van der Waals surface area (Å²) in [7, 11) is 1.60. The minimum atomic E-state index is -0.178. The highest BCUT2D eigenvalue weighted by molar-refractivity contribution is 4.65. The van der Waals surface area contributed by atoms with Crippen LogP contribution in [0.1, 0.15) is 25.7 Å². The molecule has 2 heterocycles. The molecular formula is C9H16N4O2. The molecule has 0 aromatic carbocycles. The van der Waals surface area contributed by atoms with Crippen LogP contribution >= 0.6 is 0 Å². The largest absolute Gasteiger partial charge is 0.376 e. The van der Waals surface area contributed by atoms with Crippen LogP contribution in [0.25, 0.3) is 0 Å². The fraction of sp³-hybridized carbons (Fsp3) is 0.889. The zero-order valence-electron chi connectivity index (χ0n) is 8.93. The molecule has 0 N–H and O–H groups in total. The zero-order chi connectivity index (χ0) is 10.7. The summed E-state index contributed by atoms with van der Waals surface area (Å²) in [6, 6.07) is 0. The van der Waals surface area contributed by atoms with E-state index in [2.05, 4.69) is 10.4 Å². The van der Waals surface area contributed by atoms with Gasteiger partial charge in [-0.1, -0.05) is 12.8 Å². The van der Waals surface area contributed by atoms with Crippen molar-refractivity contribution >= 4 is 0 Å². The van der Waals surface area contributed by atoms with Gasteiger partial charge in [0.25, 0.3) is 0 Å². The lowest BCUT2D eigenvalue weighted by Gasteiger charge is -2.13. The SMILES string of the molecule is Cn1nnn(CC2CCCCCO2)c1=O. The van der Waals surface area contributed by atoms with Gasteiger partial charge < -0.3 is 4.74 Å². The first kappa shape index (κ1) is 10.4. The summed E-state index contributed by atoms with van der Waals surface area (Å²) in [5, 5.41) is 7.44. The minimum Gasteiger partial charge on any atom is -0.376 e. The second-order valence-electron chi connectivity index (χ2n) is 3.91. The number of nitrogens with zero attached hydrogens (tertiary/aromatic N) is 4. The molecule has 15 heavy (non-hydrogen) atoms. The van der Waals surface area contributed by atoms with E-state index >= 15 is 0 Å². The van der Waals surface area contributed by atoms with Gasteiger partial charge in [-0.25, -0.2) is 4.79 Å². The Morgan fingerprint density at radius 3 is 3.00 bits per heavy atom. The van der Waals surface area contributed by atoms with Crippen LogP contribution in [0.3, 0.4) is 0 Å². The Labute approximate surface area is 87.8 Å². The summed E-state index contributed by atoms with van der Waals surface area (Å²) in [5.41, 5.74) is -0.178. The van der Waals surface area contributed by atoms with Gasteiger partial charge >= 0.3 is 5.69 Å². The molecule has 0 aliphatic carbocycles. The summed E-state index contributed by atoms with van der Waals surface area (Å²) in [6.45, 7) is 1.31. The van der Waals surface area contributed by atoms with E-state index in [4.69, 9.17) is 4.74 Å². The molecule has 6 heteroatoms. The number of aromatic nitrogens is 4. The first-order valence-electron chi connectivity index (χ1n) is 5.36. The molecule has 0 radical (unpaired) electrons. The molecular weight excluding hydrogens is 196 g/mol. The monoisotopic (exact) mass is 212 g/mol. The number of rotatable bonds is 2. The van der Waals surface area contributed by atoms with Crippen molar-refractivity contribution in [3.05, 3.63) is 10.5 Å². The number of ether oxygens (including phenoxy) is 1. The molecule has 6 nitrogen and oxygen atoms in total. The van der Waals surface area contributed by atoms with Gasteiger partial charge in [-0.15, -0.1) is 0 Å². The third kappa shape index (κ3) is 2.44. The summed E-state index contributed by atoms with van der Waals surface area (Å²) in [6.07, 6.45) is 4.61. The van der Waals surface area contributed by atoms with Crippen LogP contribution in [0.5, 0.6) is 0 Å². The van der Waals surface area contributed by atoms with E-state index < -0.39 is 0 Å². The van der Waals surface area contributed by atoms with Crippen molar-refractivity contribution in [2.45, 2.75) is 38.3 Å². The van der Waals surface area contributed by atoms with Gasteiger partial charge in [0.15, 0.2) is 0 Å². The molecule has 1 fully saturated rings. The van der Waals surface area contributed by atoms with Crippen LogP contribution in [0.15, 0.2) is 4.79 Å². The molecule has 1 atom stereocenters. The summed E-state index contributed by atoms with van der Waals surface area (Å²) in [5.74, 6) is 0. The van der Waals surface area contributed by atoms with E-state index in [-0.39, 0.29) is 11.8 Å². The lowest BCUT2D eigenvalue weighted by molar-refractivity contribution is 0.0432. The third-order valence-corrected chi connectivity index (χ3v) is 2.68. The quantitative estimate of drug-likeness (QED) is 0.688. The molecule has 0 spiro atoms. The van der Waals surface area contributed by atoms with Crippen molar-refractivity contribution in [3.63, 3.8) is 0 Å². The maximum absolute atomic E-state index is 11.5. The number of hydrogen-bond acceptors (Lipinski definition) is 4. The van der Waals surface area contributed by atoms with Crippen molar-refractivity contribution in [1.82, 2.24) is 19.8 Å². The van der Waals surface area contributed by atoms with Gasteiger partial charge in [-0.2, -0.15) is 9.36 Å². The topological polar surface area (TPSA) is 61.9 Å². The van der Waals surface area contributed by atoms with Crippen molar-refractivity contribution in [2.75, 3.05) is 6.61 Å². The van der Waals surface area contributed by atoms with E-state index in [1.54, 1.807) is 7.05 Å². The van der Waals surface area contributed by atoms with Crippen LogP contribution in [-0.2, 0) is 18.3 Å². The van der Waals surface area contributed by atoms with Gasteiger partial charge in [-0.3, -0.25) is 0 Å². The number of tetrazole rings is 1. The first-order chi connectivity index (χ1) is 7.27.